The van der Waals surface area contributed by atoms with E-state index in [-0.39, 0.29) is 0 Å². The molecule has 0 spiro atoms. The van der Waals surface area contributed by atoms with Gasteiger partial charge in [0.05, 0.1) is 0 Å². The van der Waals surface area contributed by atoms with Crippen molar-refractivity contribution in [3.05, 3.63) is 28.8 Å². The molecule has 2 N–H and O–H groups in total. The predicted molar refractivity (Wildman–Crippen MR) is 80.0 cm³/mol. The van der Waals surface area contributed by atoms with Crippen LogP contribution in [-0.2, 0) is 6.54 Å². The highest BCUT2D eigenvalue weighted by molar-refractivity contribution is 6.30. The van der Waals surface area contributed by atoms with E-state index in [9.17, 15) is 0 Å². The van der Waals surface area contributed by atoms with Gasteiger partial charge in [-0.1, -0.05) is 24.6 Å². The van der Waals surface area contributed by atoms with Gasteiger partial charge in [0.2, 0.25) is 0 Å². The largest absolute Gasteiger partial charge is 0.398 e. The summed E-state index contributed by atoms with van der Waals surface area (Å²) in [4.78, 5) is 4.63. The maximum absolute atomic E-state index is 6.00. The highest BCUT2D eigenvalue weighted by atomic mass is 35.5. The van der Waals surface area contributed by atoms with Gasteiger partial charge >= 0.3 is 0 Å². The van der Waals surface area contributed by atoms with Gasteiger partial charge in [-0.25, -0.2) is 0 Å². The maximum atomic E-state index is 6.00. The summed E-state index contributed by atoms with van der Waals surface area (Å²) in [6, 6.07) is 5.76. The second-order valence-corrected chi connectivity index (χ2v) is 5.36. The Morgan fingerprint density at radius 2 is 1.89 bits per heavy atom. The molecule has 1 rings (SSSR count). The smallest absolute Gasteiger partial charge is 0.0426 e. The van der Waals surface area contributed by atoms with Crippen molar-refractivity contribution >= 4 is 17.3 Å². The minimum Gasteiger partial charge on any atom is -0.398 e. The fourth-order valence-corrected chi connectivity index (χ4v) is 2.06. The zero-order valence-electron chi connectivity index (χ0n) is 11.6. The van der Waals surface area contributed by atoms with Crippen LogP contribution in [0, 0.1) is 0 Å². The van der Waals surface area contributed by atoms with Gasteiger partial charge in [0.15, 0.2) is 0 Å². The van der Waals surface area contributed by atoms with E-state index in [1.807, 2.05) is 18.2 Å². The first-order valence-corrected chi connectivity index (χ1v) is 6.81. The van der Waals surface area contributed by atoms with Crippen LogP contribution in [0.25, 0.3) is 0 Å². The Morgan fingerprint density at radius 3 is 2.44 bits per heavy atom. The number of halogens is 1. The quantitative estimate of drug-likeness (QED) is 0.773. The lowest BCUT2D eigenvalue weighted by Crippen LogP contribution is -2.32. The van der Waals surface area contributed by atoms with Gasteiger partial charge in [-0.2, -0.15) is 0 Å². The molecule has 0 aromatic heterocycles. The van der Waals surface area contributed by atoms with E-state index in [1.165, 1.54) is 0 Å². The normalized spacial score (nSPS) is 11.4. The molecule has 0 aliphatic rings. The monoisotopic (exact) mass is 269 g/mol. The molecule has 0 bridgehead atoms. The first-order valence-electron chi connectivity index (χ1n) is 6.44. The number of nitrogen functional groups attached to an aromatic ring is 1. The first-order chi connectivity index (χ1) is 8.52. The second kappa shape index (κ2) is 7.62. The van der Waals surface area contributed by atoms with E-state index in [0.29, 0.717) is 5.02 Å². The molecule has 3 nitrogen and oxygen atoms in total. The van der Waals surface area contributed by atoms with Gasteiger partial charge in [0, 0.05) is 30.3 Å². The average Bonchev–Trinajstić information content (AvgIpc) is 2.29. The average molecular weight is 270 g/mol. The van der Waals surface area contributed by atoms with Crippen LogP contribution in [0.15, 0.2) is 18.2 Å². The number of rotatable bonds is 7. The Labute approximate surface area is 116 Å². The van der Waals surface area contributed by atoms with Crippen molar-refractivity contribution in [2.75, 3.05) is 39.5 Å². The summed E-state index contributed by atoms with van der Waals surface area (Å²) in [5.74, 6) is 0. The Morgan fingerprint density at radius 1 is 1.17 bits per heavy atom. The van der Waals surface area contributed by atoms with Crippen LogP contribution in [0.2, 0.25) is 5.02 Å². The third-order valence-electron chi connectivity index (χ3n) is 2.91. The van der Waals surface area contributed by atoms with Gasteiger partial charge in [-0.05, 0) is 44.8 Å². The minimum absolute atomic E-state index is 0.701. The zero-order chi connectivity index (χ0) is 13.5. The third-order valence-corrected chi connectivity index (χ3v) is 3.14. The molecular formula is C14H24ClN3. The Hall–Kier alpha value is -0.770. The van der Waals surface area contributed by atoms with Gasteiger partial charge in [-0.3, -0.25) is 4.90 Å². The summed E-state index contributed by atoms with van der Waals surface area (Å²) in [6.07, 6.45) is 1.15. The van der Waals surface area contributed by atoms with Crippen molar-refractivity contribution in [1.82, 2.24) is 9.80 Å². The molecule has 0 unspecified atom stereocenters. The third kappa shape index (κ3) is 5.25. The molecule has 4 heteroatoms. The molecule has 0 saturated carbocycles. The van der Waals surface area contributed by atoms with E-state index in [0.717, 1.165) is 43.9 Å². The van der Waals surface area contributed by atoms with Crippen LogP contribution in [-0.4, -0.2) is 43.5 Å². The second-order valence-electron chi connectivity index (χ2n) is 4.92. The van der Waals surface area contributed by atoms with Crippen molar-refractivity contribution in [1.29, 1.82) is 0 Å². The SMILES string of the molecule is CCCN(CCN(C)C)Cc1ccc(Cl)cc1N. The Bertz CT molecular complexity index is 366. The Balaban J connectivity index is 2.64. The van der Waals surface area contributed by atoms with Crippen LogP contribution in [0.1, 0.15) is 18.9 Å². The van der Waals surface area contributed by atoms with Crippen molar-refractivity contribution < 1.29 is 0 Å². The standard InChI is InChI=1S/C14H24ClN3/c1-4-7-18(9-8-17(2)3)11-12-5-6-13(15)10-14(12)16/h5-6,10H,4,7-9,11,16H2,1-3H3. The molecule has 102 valence electrons. The summed E-state index contributed by atoms with van der Waals surface area (Å²) < 4.78 is 0. The highest BCUT2D eigenvalue weighted by Gasteiger charge is 2.08. The van der Waals surface area contributed by atoms with E-state index in [4.69, 9.17) is 17.3 Å². The molecule has 0 fully saturated rings. The minimum atomic E-state index is 0.701. The summed E-state index contributed by atoms with van der Waals surface area (Å²) in [6.45, 7) is 6.31. The molecule has 0 aliphatic carbocycles. The molecule has 0 radical (unpaired) electrons. The zero-order valence-corrected chi connectivity index (χ0v) is 12.4. The molecule has 0 atom stereocenters. The molecular weight excluding hydrogens is 246 g/mol. The number of anilines is 1. The van der Waals surface area contributed by atoms with Crippen LogP contribution >= 0.6 is 11.6 Å². The van der Waals surface area contributed by atoms with Gasteiger partial charge in [0.25, 0.3) is 0 Å². The van der Waals surface area contributed by atoms with Crippen LogP contribution in [0.3, 0.4) is 0 Å². The van der Waals surface area contributed by atoms with Gasteiger partial charge in [-0.15, -0.1) is 0 Å². The summed E-state index contributed by atoms with van der Waals surface area (Å²) >= 11 is 5.92. The molecule has 18 heavy (non-hydrogen) atoms. The summed E-state index contributed by atoms with van der Waals surface area (Å²) in [5, 5.41) is 0.701. The van der Waals surface area contributed by atoms with Crippen molar-refractivity contribution in [3.63, 3.8) is 0 Å². The molecule has 0 aliphatic heterocycles. The molecule has 1 aromatic rings. The van der Waals surface area contributed by atoms with Crippen LogP contribution in [0.4, 0.5) is 5.69 Å². The molecule has 0 amide bonds. The number of nitrogens with zero attached hydrogens (tertiary/aromatic N) is 2. The van der Waals surface area contributed by atoms with E-state index in [1.54, 1.807) is 0 Å². The molecule has 1 aromatic carbocycles. The van der Waals surface area contributed by atoms with E-state index < -0.39 is 0 Å². The number of nitrogens with two attached hydrogens (primary N) is 1. The van der Waals surface area contributed by atoms with Crippen LogP contribution in [0.5, 0.6) is 0 Å². The van der Waals surface area contributed by atoms with Crippen molar-refractivity contribution in [2.24, 2.45) is 0 Å². The van der Waals surface area contributed by atoms with Crippen molar-refractivity contribution in [3.8, 4) is 0 Å². The number of likely N-dealkylation sites (N-methyl/N-ethyl adjacent to an activating group) is 1. The molecule has 0 heterocycles. The van der Waals surface area contributed by atoms with E-state index >= 15 is 0 Å². The summed E-state index contributed by atoms with van der Waals surface area (Å²) in [7, 11) is 4.20. The number of hydrogen-bond donors (Lipinski definition) is 1. The van der Waals surface area contributed by atoms with Crippen LogP contribution < -0.4 is 5.73 Å². The fourth-order valence-electron chi connectivity index (χ4n) is 1.88. The van der Waals surface area contributed by atoms with Crippen molar-refractivity contribution in [2.45, 2.75) is 19.9 Å². The maximum Gasteiger partial charge on any atom is 0.0426 e. The number of benzene rings is 1. The van der Waals surface area contributed by atoms with E-state index in [2.05, 4.69) is 30.8 Å². The molecule has 0 saturated heterocycles. The summed E-state index contributed by atoms with van der Waals surface area (Å²) in [5.41, 5.74) is 7.94. The fraction of sp³-hybridized carbons (Fsp3) is 0.571. The topological polar surface area (TPSA) is 32.5 Å². The van der Waals surface area contributed by atoms with Gasteiger partial charge < -0.3 is 10.6 Å². The number of hydrogen-bond acceptors (Lipinski definition) is 3. The Kier molecular flexibility index (Phi) is 6.47. The van der Waals surface area contributed by atoms with Gasteiger partial charge in [0.1, 0.15) is 0 Å². The lowest BCUT2D eigenvalue weighted by molar-refractivity contribution is 0.234. The lowest BCUT2D eigenvalue weighted by Gasteiger charge is -2.24. The lowest BCUT2D eigenvalue weighted by atomic mass is 10.1. The first kappa shape index (κ1) is 15.3. The predicted octanol–water partition coefficient (Wildman–Crippen LogP) is 2.70. The highest BCUT2D eigenvalue weighted by Crippen LogP contribution is 2.19.